The molecule has 7 heteroatoms. The molecule has 1 aromatic carbocycles. The maximum atomic E-state index is 12.4. The molecule has 0 unspecified atom stereocenters. The number of carbonyl (C=O) groups excluding carboxylic acids is 1. The Kier molecular flexibility index (Phi) is 4.80. The molecule has 24 heavy (non-hydrogen) atoms. The summed E-state index contributed by atoms with van der Waals surface area (Å²) in [6.45, 7) is 4.09. The topological polar surface area (TPSA) is 72.7 Å². The van der Waals surface area contributed by atoms with Crippen LogP contribution >= 0.6 is 11.8 Å². The number of fused-ring (bicyclic) bond motifs is 1. The number of nitrogens with zero attached hydrogens (tertiary/aromatic N) is 4. The van der Waals surface area contributed by atoms with Crippen LogP contribution in [0.3, 0.4) is 0 Å². The van der Waals surface area contributed by atoms with Gasteiger partial charge in [0.2, 0.25) is 5.91 Å². The minimum absolute atomic E-state index is 0.0420. The first-order valence-electron chi connectivity index (χ1n) is 7.74. The van der Waals surface area contributed by atoms with Gasteiger partial charge in [0.25, 0.3) is 0 Å². The summed E-state index contributed by atoms with van der Waals surface area (Å²) in [5, 5.41) is 8.85. The number of thioether (sulfide) groups is 1. The minimum atomic E-state index is -0.0420. The molecule has 2 aromatic heterocycles. The molecule has 1 N–H and O–H groups in total. The van der Waals surface area contributed by atoms with Crippen LogP contribution in [0.2, 0.25) is 0 Å². The van der Waals surface area contributed by atoms with Crippen LogP contribution in [0.15, 0.2) is 35.7 Å². The van der Waals surface area contributed by atoms with Crippen molar-refractivity contribution in [3.63, 3.8) is 0 Å². The maximum absolute atomic E-state index is 12.4. The van der Waals surface area contributed by atoms with Gasteiger partial charge >= 0.3 is 0 Å². The van der Waals surface area contributed by atoms with E-state index in [2.05, 4.69) is 27.3 Å². The Morgan fingerprint density at radius 1 is 1.33 bits per heavy atom. The third-order valence-corrected chi connectivity index (χ3v) is 4.84. The van der Waals surface area contributed by atoms with Crippen LogP contribution in [0.4, 0.5) is 5.69 Å². The smallest absolute Gasteiger partial charge is 0.234 e. The Hall–Kier alpha value is -2.41. The average molecular weight is 341 g/mol. The van der Waals surface area contributed by atoms with Gasteiger partial charge in [-0.05, 0) is 24.5 Å². The number of benzene rings is 1. The number of aromatic nitrogens is 4. The normalized spacial score (nSPS) is 11.0. The first kappa shape index (κ1) is 16.4. The van der Waals surface area contributed by atoms with Gasteiger partial charge in [-0.2, -0.15) is 5.10 Å². The van der Waals surface area contributed by atoms with Gasteiger partial charge in [0.1, 0.15) is 11.4 Å². The highest BCUT2D eigenvalue weighted by molar-refractivity contribution is 8.00. The van der Waals surface area contributed by atoms with E-state index < -0.39 is 0 Å². The van der Waals surface area contributed by atoms with Crippen molar-refractivity contribution in [2.24, 2.45) is 7.05 Å². The Balaban J connectivity index is 1.72. The molecule has 0 atom stereocenters. The second-order valence-corrected chi connectivity index (χ2v) is 6.45. The lowest BCUT2D eigenvalue weighted by molar-refractivity contribution is -0.113. The van der Waals surface area contributed by atoms with Gasteiger partial charge in [0.05, 0.1) is 17.3 Å². The summed E-state index contributed by atoms with van der Waals surface area (Å²) < 4.78 is 1.70. The molecule has 0 bridgehead atoms. The molecule has 0 radical (unpaired) electrons. The highest BCUT2D eigenvalue weighted by Crippen LogP contribution is 2.25. The van der Waals surface area contributed by atoms with Gasteiger partial charge in [0.15, 0.2) is 5.65 Å². The molecule has 0 spiro atoms. The summed E-state index contributed by atoms with van der Waals surface area (Å²) >= 11 is 1.39. The fourth-order valence-electron chi connectivity index (χ4n) is 2.57. The summed E-state index contributed by atoms with van der Waals surface area (Å²) in [4.78, 5) is 20.8. The molecule has 1 amide bonds. The van der Waals surface area contributed by atoms with E-state index in [0.29, 0.717) is 5.75 Å². The Morgan fingerprint density at radius 3 is 2.96 bits per heavy atom. The van der Waals surface area contributed by atoms with E-state index in [9.17, 15) is 4.79 Å². The van der Waals surface area contributed by atoms with E-state index in [1.54, 1.807) is 10.9 Å². The highest BCUT2D eigenvalue weighted by Gasteiger charge is 2.12. The van der Waals surface area contributed by atoms with Crippen LogP contribution in [0.5, 0.6) is 0 Å². The second-order valence-electron chi connectivity index (χ2n) is 5.48. The minimum Gasteiger partial charge on any atom is -0.325 e. The standard InChI is InChI=1S/C17H19N5OS/c1-4-12-7-5-6-11(2)15(12)21-14(23)9-24-17-13-8-20-22(3)16(13)18-10-19-17/h5-8,10H,4,9H2,1-3H3,(H,21,23). The largest absolute Gasteiger partial charge is 0.325 e. The van der Waals surface area contributed by atoms with Crippen molar-refractivity contribution >= 4 is 34.4 Å². The van der Waals surface area contributed by atoms with E-state index in [4.69, 9.17) is 0 Å². The van der Waals surface area contributed by atoms with Crippen LogP contribution < -0.4 is 5.32 Å². The summed E-state index contributed by atoms with van der Waals surface area (Å²) in [6, 6.07) is 6.06. The monoisotopic (exact) mass is 341 g/mol. The third kappa shape index (κ3) is 3.26. The van der Waals surface area contributed by atoms with Crippen molar-refractivity contribution in [3.8, 4) is 0 Å². The van der Waals surface area contributed by atoms with Crippen LogP contribution in [-0.2, 0) is 18.3 Å². The molecule has 6 nitrogen and oxygen atoms in total. The van der Waals surface area contributed by atoms with Crippen molar-refractivity contribution in [2.45, 2.75) is 25.3 Å². The third-order valence-electron chi connectivity index (χ3n) is 3.84. The predicted molar refractivity (Wildman–Crippen MR) is 96.2 cm³/mol. The molecular weight excluding hydrogens is 322 g/mol. The molecule has 0 aliphatic heterocycles. The van der Waals surface area contributed by atoms with Crippen molar-refractivity contribution in [2.75, 3.05) is 11.1 Å². The fraction of sp³-hybridized carbons (Fsp3) is 0.294. The zero-order valence-corrected chi connectivity index (χ0v) is 14.7. The van der Waals surface area contributed by atoms with E-state index in [1.165, 1.54) is 18.1 Å². The molecule has 3 aromatic rings. The van der Waals surface area contributed by atoms with Gasteiger partial charge in [-0.15, -0.1) is 0 Å². The van der Waals surface area contributed by atoms with Gasteiger partial charge in [-0.3, -0.25) is 9.48 Å². The highest BCUT2D eigenvalue weighted by atomic mass is 32.2. The quantitative estimate of drug-likeness (QED) is 0.570. The molecule has 2 heterocycles. The second kappa shape index (κ2) is 7.00. The maximum Gasteiger partial charge on any atom is 0.234 e. The lowest BCUT2D eigenvalue weighted by Gasteiger charge is -2.12. The molecule has 0 aliphatic rings. The summed E-state index contributed by atoms with van der Waals surface area (Å²) in [7, 11) is 1.83. The van der Waals surface area contributed by atoms with Gasteiger partial charge in [-0.25, -0.2) is 9.97 Å². The molecule has 0 saturated carbocycles. The van der Waals surface area contributed by atoms with Gasteiger partial charge in [0, 0.05) is 12.7 Å². The van der Waals surface area contributed by atoms with Crippen LogP contribution in [-0.4, -0.2) is 31.4 Å². The van der Waals surface area contributed by atoms with E-state index in [-0.39, 0.29) is 5.91 Å². The number of anilines is 1. The number of carbonyl (C=O) groups is 1. The molecule has 3 rings (SSSR count). The van der Waals surface area contributed by atoms with Crippen LogP contribution in [0.1, 0.15) is 18.1 Å². The Bertz CT molecular complexity index is 890. The number of hydrogen-bond donors (Lipinski definition) is 1. The van der Waals surface area contributed by atoms with Crippen molar-refractivity contribution < 1.29 is 4.79 Å². The summed E-state index contributed by atoms with van der Waals surface area (Å²) in [6.07, 6.45) is 4.11. The Morgan fingerprint density at radius 2 is 2.17 bits per heavy atom. The van der Waals surface area contributed by atoms with Crippen LogP contribution in [0, 0.1) is 6.92 Å². The molecule has 124 valence electrons. The number of aryl methyl sites for hydroxylation is 3. The average Bonchev–Trinajstić information content (AvgIpc) is 2.97. The number of rotatable bonds is 5. The lowest BCUT2D eigenvalue weighted by atomic mass is 10.1. The van der Waals surface area contributed by atoms with Crippen molar-refractivity contribution in [3.05, 3.63) is 41.9 Å². The SMILES string of the molecule is CCc1cccc(C)c1NC(=O)CSc1ncnc2c1cnn2C. The van der Waals surface area contributed by atoms with Crippen molar-refractivity contribution in [1.82, 2.24) is 19.7 Å². The number of para-hydroxylation sites is 1. The fourth-order valence-corrected chi connectivity index (χ4v) is 3.33. The summed E-state index contributed by atoms with van der Waals surface area (Å²) in [5.74, 6) is 0.248. The van der Waals surface area contributed by atoms with Crippen LogP contribution in [0.25, 0.3) is 11.0 Å². The van der Waals surface area contributed by atoms with Crippen molar-refractivity contribution in [1.29, 1.82) is 0 Å². The van der Waals surface area contributed by atoms with Gasteiger partial charge < -0.3 is 5.32 Å². The predicted octanol–water partition coefficient (Wildman–Crippen LogP) is 2.96. The number of hydrogen-bond acceptors (Lipinski definition) is 5. The first-order valence-corrected chi connectivity index (χ1v) is 8.72. The number of amides is 1. The molecule has 0 aliphatic carbocycles. The molecule has 0 fully saturated rings. The lowest BCUT2D eigenvalue weighted by Crippen LogP contribution is -2.16. The molecular formula is C17H19N5OS. The zero-order chi connectivity index (χ0) is 17.1. The Labute approximate surface area is 144 Å². The van der Waals surface area contributed by atoms with E-state index in [1.807, 2.05) is 32.2 Å². The van der Waals surface area contributed by atoms with Gasteiger partial charge in [-0.1, -0.05) is 36.9 Å². The number of nitrogens with one attached hydrogen (secondary N) is 1. The first-order chi connectivity index (χ1) is 11.6. The zero-order valence-electron chi connectivity index (χ0n) is 13.9. The van der Waals surface area contributed by atoms with E-state index >= 15 is 0 Å². The van der Waals surface area contributed by atoms with E-state index in [0.717, 1.165) is 39.3 Å². The molecule has 0 saturated heterocycles. The summed E-state index contributed by atoms with van der Waals surface area (Å²) in [5.41, 5.74) is 3.90.